The van der Waals surface area contributed by atoms with E-state index < -0.39 is 23.6 Å². The highest BCUT2D eigenvalue weighted by Crippen LogP contribution is 2.37. The number of carboxylic acid groups (broad SMARTS) is 1. The maximum Gasteiger partial charge on any atom is 0.371 e. The number of benzene rings is 3. The van der Waals surface area contributed by atoms with Crippen LogP contribution in [0.25, 0.3) is 0 Å². The van der Waals surface area contributed by atoms with Crippen LogP contribution in [0.5, 0.6) is 11.8 Å². The van der Waals surface area contributed by atoms with Crippen LogP contribution in [-0.2, 0) is 11.3 Å². The quantitative estimate of drug-likeness (QED) is 0.274. The minimum atomic E-state index is -2.31. The van der Waals surface area contributed by atoms with Crippen molar-refractivity contribution in [1.82, 2.24) is 20.2 Å². The Bertz CT molecular complexity index is 1390. The van der Waals surface area contributed by atoms with Gasteiger partial charge >= 0.3 is 18.0 Å². The van der Waals surface area contributed by atoms with E-state index in [0.717, 1.165) is 5.56 Å². The molecule has 0 saturated carbocycles. The van der Waals surface area contributed by atoms with Gasteiger partial charge in [0.2, 0.25) is 0 Å². The minimum absolute atomic E-state index is 0.158. The van der Waals surface area contributed by atoms with Crippen LogP contribution in [0, 0.1) is 13.8 Å². The molecule has 0 fully saturated rings. The number of carboxylic acids is 1. The molecule has 0 aliphatic rings. The maximum atomic E-state index is 13.7. The van der Waals surface area contributed by atoms with Crippen molar-refractivity contribution in [2.45, 2.75) is 32.0 Å². The third-order valence-corrected chi connectivity index (χ3v) is 6.42. The summed E-state index contributed by atoms with van der Waals surface area (Å²) in [6, 6.07) is 26.3. The van der Waals surface area contributed by atoms with Gasteiger partial charge in [0.1, 0.15) is 5.75 Å². The zero-order valence-corrected chi connectivity index (χ0v) is 22.9. The number of nitrogens with zero attached hydrogens (tertiary/aromatic N) is 3. The van der Waals surface area contributed by atoms with Gasteiger partial charge in [-0.25, -0.2) is 19.6 Å². The van der Waals surface area contributed by atoms with E-state index in [1.807, 2.05) is 48.5 Å². The summed E-state index contributed by atoms with van der Waals surface area (Å²) in [5.74, 6) is -1.68. The van der Waals surface area contributed by atoms with Gasteiger partial charge in [-0.1, -0.05) is 72.8 Å². The van der Waals surface area contributed by atoms with Crippen molar-refractivity contribution < 1.29 is 24.2 Å². The first-order chi connectivity index (χ1) is 19.2. The Labute approximate surface area is 233 Å². The van der Waals surface area contributed by atoms with Crippen LogP contribution in [0.15, 0.2) is 91.0 Å². The Morgan fingerprint density at radius 1 is 0.900 bits per heavy atom. The molecular weight excluding hydrogens is 508 g/mol. The summed E-state index contributed by atoms with van der Waals surface area (Å²) in [6.07, 6.45) is 0. The number of hydrogen-bond acceptors (Lipinski definition) is 6. The number of carbonyl (C=O) groups excluding carboxylic acids is 1. The fraction of sp³-hybridized carbons (Fsp3) is 0.226. The topological polar surface area (TPSA) is 114 Å². The molecule has 0 radical (unpaired) electrons. The van der Waals surface area contributed by atoms with E-state index in [9.17, 15) is 14.7 Å². The fourth-order valence-corrected chi connectivity index (χ4v) is 4.54. The third-order valence-electron chi connectivity index (χ3n) is 6.42. The van der Waals surface area contributed by atoms with E-state index >= 15 is 0 Å². The molecule has 9 heteroatoms. The van der Waals surface area contributed by atoms with Crippen LogP contribution in [-0.4, -0.2) is 51.9 Å². The second-order valence-corrected chi connectivity index (χ2v) is 9.46. The summed E-state index contributed by atoms with van der Waals surface area (Å²) in [6.45, 7) is 3.74. The molecule has 206 valence electrons. The van der Waals surface area contributed by atoms with Crippen LogP contribution in [0.2, 0.25) is 0 Å². The van der Waals surface area contributed by atoms with Crippen LogP contribution in [0.4, 0.5) is 4.79 Å². The van der Waals surface area contributed by atoms with Crippen molar-refractivity contribution in [2.75, 3.05) is 14.2 Å². The lowest BCUT2D eigenvalue weighted by atomic mass is 9.82. The Balaban J connectivity index is 1.81. The van der Waals surface area contributed by atoms with Crippen molar-refractivity contribution >= 4 is 12.0 Å². The molecule has 4 rings (SSSR count). The first-order valence-corrected chi connectivity index (χ1v) is 12.7. The lowest BCUT2D eigenvalue weighted by Gasteiger charge is -2.38. The van der Waals surface area contributed by atoms with Gasteiger partial charge in [0.05, 0.1) is 13.0 Å². The van der Waals surface area contributed by atoms with E-state index in [4.69, 9.17) is 9.47 Å². The molecule has 3 aromatic carbocycles. The molecule has 0 aliphatic heterocycles. The SMILES string of the molecule is COc1ccc(CN(C)C(=O)N[C@](Oc2nc(C)cc(C)n2)(C(=O)O)C(c2ccccc2)c2ccccc2)cc1. The Hall–Kier alpha value is -4.92. The van der Waals surface area contributed by atoms with Gasteiger partial charge in [-0.05, 0) is 48.7 Å². The van der Waals surface area contributed by atoms with E-state index in [1.165, 1.54) is 4.90 Å². The van der Waals surface area contributed by atoms with Gasteiger partial charge in [-0.3, -0.25) is 5.32 Å². The van der Waals surface area contributed by atoms with Gasteiger partial charge in [-0.15, -0.1) is 0 Å². The number of amides is 2. The highest BCUT2D eigenvalue weighted by atomic mass is 16.6. The first-order valence-electron chi connectivity index (χ1n) is 12.7. The molecule has 1 aromatic heterocycles. The van der Waals surface area contributed by atoms with Gasteiger partial charge in [-0.2, -0.15) is 0 Å². The van der Waals surface area contributed by atoms with Crippen molar-refractivity contribution in [2.24, 2.45) is 0 Å². The van der Waals surface area contributed by atoms with Crippen LogP contribution in [0.3, 0.4) is 0 Å². The molecular formula is C31H32N4O5. The van der Waals surface area contributed by atoms with Gasteiger partial charge in [0, 0.05) is 25.0 Å². The summed E-state index contributed by atoms with van der Waals surface area (Å²) < 4.78 is 11.4. The number of rotatable bonds is 10. The zero-order chi connectivity index (χ0) is 28.7. The second kappa shape index (κ2) is 12.3. The minimum Gasteiger partial charge on any atom is -0.497 e. The average Bonchev–Trinajstić information content (AvgIpc) is 2.94. The lowest BCUT2D eigenvalue weighted by Crippen LogP contribution is -2.64. The van der Waals surface area contributed by atoms with Crippen molar-refractivity contribution in [3.8, 4) is 11.8 Å². The lowest BCUT2D eigenvalue weighted by molar-refractivity contribution is -0.160. The number of ether oxygens (including phenoxy) is 2. The largest absolute Gasteiger partial charge is 0.497 e. The van der Waals surface area contributed by atoms with E-state index in [1.54, 1.807) is 70.5 Å². The predicted octanol–water partition coefficient (Wildman–Crippen LogP) is 4.94. The number of carbonyl (C=O) groups is 2. The van der Waals surface area contributed by atoms with E-state index in [-0.39, 0.29) is 12.6 Å². The maximum absolute atomic E-state index is 13.7. The number of methoxy groups -OCH3 is 1. The number of nitrogens with one attached hydrogen (secondary N) is 1. The van der Waals surface area contributed by atoms with E-state index in [2.05, 4.69) is 15.3 Å². The number of aromatic nitrogens is 2. The summed E-state index contributed by atoms with van der Waals surface area (Å²) in [5.41, 5.74) is 0.966. The first kappa shape index (κ1) is 28.1. The molecule has 0 bridgehead atoms. The molecule has 0 spiro atoms. The summed E-state index contributed by atoms with van der Waals surface area (Å²) in [4.78, 5) is 37.1. The number of urea groups is 1. The average molecular weight is 541 g/mol. The second-order valence-electron chi connectivity index (χ2n) is 9.46. The third kappa shape index (κ3) is 6.37. The van der Waals surface area contributed by atoms with Gasteiger partial charge in [0.25, 0.3) is 5.72 Å². The normalized spacial score (nSPS) is 12.3. The molecule has 4 aromatic rings. The highest BCUT2D eigenvalue weighted by molar-refractivity contribution is 5.87. The molecule has 1 heterocycles. The molecule has 0 saturated heterocycles. The van der Waals surface area contributed by atoms with Crippen LogP contribution in [0.1, 0.15) is 34.0 Å². The number of hydrogen-bond donors (Lipinski definition) is 2. The monoisotopic (exact) mass is 540 g/mol. The van der Waals surface area contributed by atoms with Crippen molar-refractivity contribution in [1.29, 1.82) is 0 Å². The smallest absolute Gasteiger partial charge is 0.371 e. The zero-order valence-electron chi connectivity index (χ0n) is 22.9. The molecule has 1 atom stereocenters. The van der Waals surface area contributed by atoms with Crippen molar-refractivity contribution in [3.63, 3.8) is 0 Å². The highest BCUT2D eigenvalue weighted by Gasteiger charge is 2.53. The Kier molecular flexibility index (Phi) is 8.63. The molecule has 2 N–H and O–H groups in total. The Morgan fingerprint density at radius 3 is 1.90 bits per heavy atom. The van der Waals surface area contributed by atoms with Gasteiger partial charge in [0.15, 0.2) is 0 Å². The molecule has 9 nitrogen and oxygen atoms in total. The Morgan fingerprint density at radius 2 is 1.43 bits per heavy atom. The van der Waals surface area contributed by atoms with Crippen LogP contribution < -0.4 is 14.8 Å². The number of aliphatic carboxylic acids is 1. The van der Waals surface area contributed by atoms with Crippen molar-refractivity contribution in [3.05, 3.63) is 119 Å². The summed E-state index contributed by atoms with van der Waals surface area (Å²) in [7, 11) is 3.16. The standard InChI is InChI=1S/C31H32N4O5/c1-21-19-22(2)33-29(32-21)40-31(28(36)37,27(24-11-7-5-8-12-24)25-13-9-6-10-14-25)34-30(38)35(3)20-23-15-17-26(39-4)18-16-23/h5-19,27H,20H2,1-4H3,(H,34,38)(H,36,37)/t31-/m1/s1. The van der Waals surface area contributed by atoms with E-state index in [0.29, 0.717) is 28.3 Å². The molecule has 2 amide bonds. The summed E-state index contributed by atoms with van der Waals surface area (Å²) >= 11 is 0. The number of aryl methyl sites for hydroxylation is 2. The van der Waals surface area contributed by atoms with Gasteiger partial charge < -0.3 is 19.5 Å². The van der Waals surface area contributed by atoms with Crippen LogP contribution >= 0.6 is 0 Å². The molecule has 0 aliphatic carbocycles. The molecule has 40 heavy (non-hydrogen) atoms. The molecule has 0 unspecified atom stereocenters. The predicted molar refractivity (Wildman–Crippen MR) is 150 cm³/mol. The fourth-order valence-electron chi connectivity index (χ4n) is 4.54. The summed E-state index contributed by atoms with van der Waals surface area (Å²) in [5, 5.41) is 13.6.